The number of aromatic nitrogens is 3. The largest absolute Gasteiger partial charge is 0.298 e. The second-order valence-corrected chi connectivity index (χ2v) is 7.89. The van der Waals surface area contributed by atoms with Crippen LogP contribution in [-0.4, -0.2) is 70.9 Å². The predicted octanol–water partition coefficient (Wildman–Crippen LogP) is -0.368. The van der Waals surface area contributed by atoms with E-state index in [1.165, 1.54) is 6.26 Å². The molecule has 112 valence electrons. The molecule has 1 aromatic heterocycles. The Morgan fingerprint density at radius 3 is 2.85 bits per heavy atom. The Morgan fingerprint density at radius 2 is 2.20 bits per heavy atom. The summed E-state index contributed by atoms with van der Waals surface area (Å²) in [4.78, 5) is 6.36. The summed E-state index contributed by atoms with van der Waals surface area (Å²) in [5.74, 6) is 0.428. The van der Waals surface area contributed by atoms with E-state index in [1.807, 2.05) is 4.68 Å². The van der Waals surface area contributed by atoms with Gasteiger partial charge in [0.15, 0.2) is 0 Å². The van der Waals surface area contributed by atoms with Gasteiger partial charge in [-0.15, -0.1) is 0 Å². The van der Waals surface area contributed by atoms with E-state index in [9.17, 15) is 8.42 Å². The van der Waals surface area contributed by atoms with Crippen LogP contribution in [0.25, 0.3) is 0 Å². The number of hydrogen-bond acceptors (Lipinski definition) is 5. The molecular weight excluding hydrogens is 278 g/mol. The van der Waals surface area contributed by atoms with E-state index in [0.717, 1.165) is 19.4 Å². The Balaban J connectivity index is 1.69. The molecule has 0 N–H and O–H groups in total. The number of sulfonamides is 1. The Morgan fingerprint density at radius 1 is 1.40 bits per heavy atom. The third-order valence-electron chi connectivity index (χ3n) is 4.66. The van der Waals surface area contributed by atoms with Gasteiger partial charge in [-0.1, -0.05) is 0 Å². The average Bonchev–Trinajstić information content (AvgIpc) is 2.98. The molecule has 0 radical (unpaired) electrons. The summed E-state index contributed by atoms with van der Waals surface area (Å²) < 4.78 is 26.8. The van der Waals surface area contributed by atoms with Crippen molar-refractivity contribution in [1.29, 1.82) is 0 Å². The minimum Gasteiger partial charge on any atom is -0.298 e. The molecule has 2 aliphatic heterocycles. The predicted molar refractivity (Wildman–Crippen MR) is 74.5 cm³/mol. The van der Waals surface area contributed by atoms with Crippen LogP contribution in [0.4, 0.5) is 0 Å². The maximum Gasteiger partial charge on any atom is 0.211 e. The molecule has 0 amide bonds. The van der Waals surface area contributed by atoms with Crippen molar-refractivity contribution in [3.05, 3.63) is 12.7 Å². The zero-order chi connectivity index (χ0) is 14.3. The zero-order valence-corrected chi connectivity index (χ0v) is 12.7. The normalized spacial score (nSPS) is 32.4. The summed E-state index contributed by atoms with van der Waals surface area (Å²) in [7, 11) is -0.921. The number of rotatable bonds is 3. The molecule has 8 heteroatoms. The molecule has 0 spiro atoms. The van der Waals surface area contributed by atoms with Crippen LogP contribution in [0.3, 0.4) is 0 Å². The van der Waals surface area contributed by atoms with Crippen molar-refractivity contribution in [3.63, 3.8) is 0 Å². The molecular formula is C12H21N5O2S. The number of likely N-dealkylation sites (tertiary alicyclic amines) is 1. The van der Waals surface area contributed by atoms with Crippen molar-refractivity contribution in [3.8, 4) is 0 Å². The van der Waals surface area contributed by atoms with Crippen molar-refractivity contribution < 1.29 is 8.42 Å². The lowest BCUT2D eigenvalue weighted by Gasteiger charge is -2.36. The molecule has 0 aromatic carbocycles. The highest BCUT2D eigenvalue weighted by atomic mass is 32.2. The van der Waals surface area contributed by atoms with E-state index in [-0.39, 0.29) is 0 Å². The Bertz CT molecular complexity index is 558. The summed E-state index contributed by atoms with van der Waals surface area (Å²) in [5, 5.41) is 4.16. The lowest BCUT2D eigenvalue weighted by atomic mass is 9.93. The third-order valence-corrected chi connectivity index (χ3v) is 5.93. The smallest absolute Gasteiger partial charge is 0.211 e. The Hall–Kier alpha value is -0.990. The first kappa shape index (κ1) is 14.0. The van der Waals surface area contributed by atoms with Crippen LogP contribution >= 0.6 is 0 Å². The number of fused-ring (bicyclic) bond motifs is 1. The van der Waals surface area contributed by atoms with Crippen LogP contribution < -0.4 is 0 Å². The first-order chi connectivity index (χ1) is 9.45. The fraction of sp³-hybridized carbons (Fsp3) is 0.833. The highest BCUT2D eigenvalue weighted by Crippen LogP contribution is 2.35. The molecule has 2 saturated heterocycles. The van der Waals surface area contributed by atoms with Crippen LogP contribution in [-0.2, 0) is 16.6 Å². The van der Waals surface area contributed by atoms with Gasteiger partial charge in [0.2, 0.25) is 10.0 Å². The SMILES string of the molecule is CN1[C@@H](Cn2cncn2)C[C@H]2CN(S(C)(=O)=O)CC[C@H]21. The molecule has 2 fully saturated rings. The van der Waals surface area contributed by atoms with E-state index in [0.29, 0.717) is 31.1 Å². The van der Waals surface area contributed by atoms with E-state index in [1.54, 1.807) is 17.0 Å². The maximum absolute atomic E-state index is 11.7. The molecule has 0 unspecified atom stereocenters. The van der Waals surface area contributed by atoms with Gasteiger partial charge in [-0.3, -0.25) is 9.58 Å². The lowest BCUT2D eigenvalue weighted by molar-refractivity contribution is 0.155. The standard InChI is InChI=1S/C12H21N5O2S/c1-15-11(7-16-9-13-8-14-16)5-10-6-17(20(2,18)19)4-3-12(10)15/h8-12H,3-7H2,1-2H3/t10-,11+,12+/m0/s1. The van der Waals surface area contributed by atoms with Gasteiger partial charge in [0.05, 0.1) is 12.8 Å². The van der Waals surface area contributed by atoms with Crippen LogP contribution in [0.2, 0.25) is 0 Å². The molecule has 0 aliphatic carbocycles. The van der Waals surface area contributed by atoms with Crippen molar-refractivity contribution in [2.75, 3.05) is 26.4 Å². The molecule has 20 heavy (non-hydrogen) atoms. The fourth-order valence-corrected chi connectivity index (χ4v) is 4.49. The zero-order valence-electron chi connectivity index (χ0n) is 11.9. The molecule has 7 nitrogen and oxygen atoms in total. The Labute approximate surface area is 119 Å². The van der Waals surface area contributed by atoms with Gasteiger partial charge in [-0.05, 0) is 25.8 Å². The average molecular weight is 299 g/mol. The quantitative estimate of drug-likeness (QED) is 0.762. The van der Waals surface area contributed by atoms with Crippen LogP contribution in [0, 0.1) is 5.92 Å². The lowest BCUT2D eigenvalue weighted by Crippen LogP contribution is -2.47. The summed E-state index contributed by atoms with van der Waals surface area (Å²) in [6.45, 7) is 2.12. The molecule has 3 atom stereocenters. The third kappa shape index (κ3) is 2.59. The molecule has 3 rings (SSSR count). The van der Waals surface area contributed by atoms with Gasteiger partial charge >= 0.3 is 0 Å². The number of likely N-dealkylation sites (N-methyl/N-ethyl adjacent to an activating group) is 1. The summed E-state index contributed by atoms with van der Waals surface area (Å²) >= 11 is 0. The second kappa shape index (κ2) is 5.09. The van der Waals surface area contributed by atoms with Gasteiger partial charge in [-0.25, -0.2) is 17.7 Å². The first-order valence-electron chi connectivity index (χ1n) is 6.94. The number of piperidine rings is 1. The number of hydrogen-bond donors (Lipinski definition) is 0. The van der Waals surface area contributed by atoms with Crippen molar-refractivity contribution in [2.24, 2.45) is 5.92 Å². The van der Waals surface area contributed by atoms with Gasteiger partial charge in [0, 0.05) is 25.2 Å². The van der Waals surface area contributed by atoms with Gasteiger partial charge < -0.3 is 0 Å². The maximum atomic E-state index is 11.7. The second-order valence-electron chi connectivity index (χ2n) is 5.91. The molecule has 0 saturated carbocycles. The van der Waals surface area contributed by atoms with Crippen molar-refractivity contribution in [2.45, 2.75) is 31.5 Å². The highest BCUT2D eigenvalue weighted by molar-refractivity contribution is 7.88. The van der Waals surface area contributed by atoms with Crippen molar-refractivity contribution >= 4 is 10.0 Å². The summed E-state index contributed by atoms with van der Waals surface area (Å²) in [6, 6.07) is 0.896. The highest BCUT2D eigenvalue weighted by Gasteiger charge is 2.43. The monoisotopic (exact) mass is 299 g/mol. The van der Waals surface area contributed by atoms with E-state index in [2.05, 4.69) is 22.0 Å². The molecule has 1 aromatic rings. The molecule has 2 aliphatic rings. The summed E-state index contributed by atoms with van der Waals surface area (Å²) in [6.07, 6.45) is 6.53. The molecule has 0 bridgehead atoms. The number of nitrogens with zero attached hydrogens (tertiary/aromatic N) is 5. The van der Waals surface area contributed by atoms with E-state index < -0.39 is 10.0 Å². The van der Waals surface area contributed by atoms with Crippen LogP contribution in [0.15, 0.2) is 12.7 Å². The van der Waals surface area contributed by atoms with Crippen LogP contribution in [0.1, 0.15) is 12.8 Å². The van der Waals surface area contributed by atoms with Crippen molar-refractivity contribution in [1.82, 2.24) is 24.0 Å². The van der Waals surface area contributed by atoms with Gasteiger partial charge in [-0.2, -0.15) is 5.10 Å². The summed E-state index contributed by atoms with van der Waals surface area (Å²) in [5.41, 5.74) is 0. The topological polar surface area (TPSA) is 71.3 Å². The minimum atomic E-state index is -3.06. The Kier molecular flexibility index (Phi) is 3.55. The van der Waals surface area contributed by atoms with Gasteiger partial charge in [0.25, 0.3) is 0 Å². The molecule has 3 heterocycles. The van der Waals surface area contributed by atoms with Crippen LogP contribution in [0.5, 0.6) is 0 Å². The first-order valence-corrected chi connectivity index (χ1v) is 8.79. The minimum absolute atomic E-state index is 0.409. The van der Waals surface area contributed by atoms with E-state index in [4.69, 9.17) is 0 Å². The van der Waals surface area contributed by atoms with E-state index >= 15 is 0 Å². The fourth-order valence-electron chi connectivity index (χ4n) is 3.59. The van der Waals surface area contributed by atoms with Gasteiger partial charge in [0.1, 0.15) is 12.7 Å².